The summed E-state index contributed by atoms with van der Waals surface area (Å²) in [7, 11) is 1.62. The van der Waals surface area contributed by atoms with Gasteiger partial charge in [-0.3, -0.25) is 4.79 Å². The number of nitrogens with zero attached hydrogens (tertiary/aromatic N) is 1. The quantitative estimate of drug-likeness (QED) is 0.612. The Morgan fingerprint density at radius 1 is 1.50 bits per heavy atom. The maximum absolute atomic E-state index is 11.8. The van der Waals surface area contributed by atoms with E-state index in [-0.39, 0.29) is 5.56 Å². The summed E-state index contributed by atoms with van der Waals surface area (Å²) in [5.74, 6) is 0. The van der Waals surface area contributed by atoms with E-state index in [0.717, 1.165) is 30.5 Å². The monoisotopic (exact) mass is 242 g/mol. The third-order valence-corrected chi connectivity index (χ3v) is 2.91. The fraction of sp³-hybridized carbons (Fsp3) is 0.636. The molecule has 1 N–H and O–H groups in total. The molecular weight excluding hydrogens is 224 g/mol. The minimum atomic E-state index is -0.0279. The van der Waals surface area contributed by atoms with Crippen molar-refractivity contribution in [1.29, 1.82) is 0 Å². The van der Waals surface area contributed by atoms with Gasteiger partial charge >= 0.3 is 0 Å². The van der Waals surface area contributed by atoms with Crippen LogP contribution in [0.4, 0.5) is 0 Å². The molecule has 5 heteroatoms. The van der Waals surface area contributed by atoms with Gasteiger partial charge in [-0.05, 0) is 19.1 Å². The smallest absolute Gasteiger partial charge is 0.255 e. The molecule has 1 aromatic heterocycles. The van der Waals surface area contributed by atoms with Crippen molar-refractivity contribution in [3.63, 3.8) is 0 Å². The van der Waals surface area contributed by atoms with Crippen LogP contribution in [0.3, 0.4) is 0 Å². The highest BCUT2D eigenvalue weighted by Gasteiger charge is 2.10. The Kier molecular flexibility index (Phi) is 5.55. The summed E-state index contributed by atoms with van der Waals surface area (Å²) in [6.45, 7) is 2.50. The van der Waals surface area contributed by atoms with Gasteiger partial charge < -0.3 is 9.72 Å². The maximum atomic E-state index is 11.8. The zero-order valence-electron chi connectivity index (χ0n) is 10.0. The minimum Gasteiger partial charge on any atom is -0.378 e. The number of H-pyrrole nitrogens is 1. The molecule has 1 rings (SSSR count). The van der Waals surface area contributed by atoms with Gasteiger partial charge in [0.1, 0.15) is 0 Å². The van der Waals surface area contributed by atoms with E-state index in [4.69, 9.17) is 4.74 Å². The predicted molar refractivity (Wildman–Crippen MR) is 66.0 cm³/mol. The Morgan fingerprint density at radius 2 is 2.25 bits per heavy atom. The first-order chi connectivity index (χ1) is 7.72. The summed E-state index contributed by atoms with van der Waals surface area (Å²) in [6.07, 6.45) is 4.73. The van der Waals surface area contributed by atoms with E-state index < -0.39 is 0 Å². The minimum absolute atomic E-state index is 0.0279. The SMILES string of the molecule is CCCCc1c(COC)nc(SC)[nH]c1=O. The second-order valence-corrected chi connectivity index (χ2v) is 4.33. The second-order valence-electron chi connectivity index (χ2n) is 3.54. The predicted octanol–water partition coefficient (Wildman–Crippen LogP) is 1.98. The Bertz CT molecular complexity index is 390. The molecule has 0 bridgehead atoms. The molecule has 1 aromatic rings. The van der Waals surface area contributed by atoms with Crippen molar-refractivity contribution in [1.82, 2.24) is 9.97 Å². The van der Waals surface area contributed by atoms with Gasteiger partial charge in [-0.2, -0.15) is 0 Å². The molecule has 0 saturated carbocycles. The highest BCUT2D eigenvalue weighted by atomic mass is 32.2. The number of ether oxygens (including phenoxy) is 1. The van der Waals surface area contributed by atoms with Gasteiger partial charge in [-0.15, -0.1) is 0 Å². The van der Waals surface area contributed by atoms with Crippen LogP contribution in [0.15, 0.2) is 9.95 Å². The molecule has 1 heterocycles. The molecule has 90 valence electrons. The molecule has 0 atom stereocenters. The highest BCUT2D eigenvalue weighted by Crippen LogP contribution is 2.11. The van der Waals surface area contributed by atoms with Crippen LogP contribution in [0.25, 0.3) is 0 Å². The lowest BCUT2D eigenvalue weighted by molar-refractivity contribution is 0.179. The summed E-state index contributed by atoms with van der Waals surface area (Å²) in [5, 5.41) is 0.650. The number of hydrogen-bond acceptors (Lipinski definition) is 4. The van der Waals surface area contributed by atoms with E-state index >= 15 is 0 Å². The molecule has 0 aromatic carbocycles. The molecule has 0 aliphatic rings. The lowest BCUT2D eigenvalue weighted by Crippen LogP contribution is -2.19. The summed E-state index contributed by atoms with van der Waals surface area (Å²) in [4.78, 5) is 19.0. The van der Waals surface area contributed by atoms with Crippen LogP contribution in [0.5, 0.6) is 0 Å². The second kappa shape index (κ2) is 6.70. The van der Waals surface area contributed by atoms with Crippen LogP contribution >= 0.6 is 11.8 Å². The van der Waals surface area contributed by atoms with E-state index in [1.165, 1.54) is 11.8 Å². The number of unbranched alkanes of at least 4 members (excludes halogenated alkanes) is 1. The van der Waals surface area contributed by atoms with Crippen LogP contribution in [0, 0.1) is 0 Å². The zero-order valence-corrected chi connectivity index (χ0v) is 10.8. The molecule has 0 aliphatic heterocycles. The molecule has 0 aliphatic carbocycles. The third kappa shape index (κ3) is 3.35. The summed E-state index contributed by atoms with van der Waals surface area (Å²) < 4.78 is 5.08. The van der Waals surface area contributed by atoms with Crippen molar-refractivity contribution < 1.29 is 4.74 Å². The average Bonchev–Trinajstić information content (AvgIpc) is 2.28. The molecule has 16 heavy (non-hydrogen) atoms. The van der Waals surface area contributed by atoms with Crippen LogP contribution in [-0.2, 0) is 17.8 Å². The number of nitrogens with one attached hydrogen (secondary N) is 1. The normalized spacial score (nSPS) is 10.7. The van der Waals surface area contributed by atoms with Crippen molar-refractivity contribution in [3.8, 4) is 0 Å². The standard InChI is InChI=1S/C11H18N2O2S/c1-4-5-6-8-9(7-15-2)12-11(16-3)13-10(8)14/h4-7H2,1-3H3,(H,12,13,14). The van der Waals surface area contributed by atoms with Crippen LogP contribution in [0.2, 0.25) is 0 Å². The molecule has 4 nitrogen and oxygen atoms in total. The topological polar surface area (TPSA) is 55.0 Å². The van der Waals surface area contributed by atoms with Crippen molar-refractivity contribution in [2.24, 2.45) is 0 Å². The van der Waals surface area contributed by atoms with Gasteiger partial charge in [0.25, 0.3) is 5.56 Å². The third-order valence-electron chi connectivity index (χ3n) is 2.33. The van der Waals surface area contributed by atoms with Gasteiger partial charge in [-0.1, -0.05) is 25.1 Å². The summed E-state index contributed by atoms with van der Waals surface area (Å²) in [5.41, 5.74) is 1.51. The van der Waals surface area contributed by atoms with E-state index in [2.05, 4.69) is 16.9 Å². The molecule has 0 spiro atoms. The van der Waals surface area contributed by atoms with Crippen molar-refractivity contribution in [3.05, 3.63) is 21.6 Å². The van der Waals surface area contributed by atoms with Crippen molar-refractivity contribution in [2.75, 3.05) is 13.4 Å². The lowest BCUT2D eigenvalue weighted by atomic mass is 10.1. The van der Waals surface area contributed by atoms with Gasteiger partial charge in [0.2, 0.25) is 0 Å². The average molecular weight is 242 g/mol. The lowest BCUT2D eigenvalue weighted by Gasteiger charge is -2.08. The number of hydrogen-bond donors (Lipinski definition) is 1. The first kappa shape index (κ1) is 13.3. The first-order valence-corrected chi connectivity index (χ1v) is 6.60. The van der Waals surface area contributed by atoms with Gasteiger partial charge in [0.05, 0.1) is 12.3 Å². The number of aromatic amines is 1. The van der Waals surface area contributed by atoms with Crippen LogP contribution < -0.4 is 5.56 Å². The van der Waals surface area contributed by atoms with Crippen LogP contribution in [-0.4, -0.2) is 23.3 Å². The van der Waals surface area contributed by atoms with Gasteiger partial charge in [-0.25, -0.2) is 4.98 Å². The van der Waals surface area contributed by atoms with Crippen molar-refractivity contribution >= 4 is 11.8 Å². The van der Waals surface area contributed by atoms with Crippen molar-refractivity contribution in [2.45, 2.75) is 37.9 Å². The Balaban J connectivity index is 3.06. The van der Waals surface area contributed by atoms with E-state index in [1.807, 2.05) is 6.26 Å². The maximum Gasteiger partial charge on any atom is 0.255 e. The Hall–Kier alpha value is -0.810. The van der Waals surface area contributed by atoms with Gasteiger partial charge in [0, 0.05) is 12.7 Å². The number of rotatable bonds is 6. The number of methoxy groups -OCH3 is 1. The first-order valence-electron chi connectivity index (χ1n) is 5.37. The van der Waals surface area contributed by atoms with Gasteiger partial charge in [0.15, 0.2) is 5.16 Å². The number of aromatic nitrogens is 2. The fourth-order valence-electron chi connectivity index (χ4n) is 1.49. The molecule has 0 saturated heterocycles. The molecule has 0 fully saturated rings. The summed E-state index contributed by atoms with van der Waals surface area (Å²) >= 11 is 1.43. The van der Waals surface area contributed by atoms with Crippen LogP contribution in [0.1, 0.15) is 31.0 Å². The van der Waals surface area contributed by atoms with E-state index in [0.29, 0.717) is 11.8 Å². The Labute approximate surface area is 99.8 Å². The number of thioether (sulfide) groups is 1. The largest absolute Gasteiger partial charge is 0.378 e. The molecule has 0 amide bonds. The van der Waals surface area contributed by atoms with E-state index in [9.17, 15) is 4.79 Å². The Morgan fingerprint density at radius 3 is 2.81 bits per heavy atom. The highest BCUT2D eigenvalue weighted by molar-refractivity contribution is 7.98. The van der Waals surface area contributed by atoms with E-state index in [1.54, 1.807) is 7.11 Å². The fourth-order valence-corrected chi connectivity index (χ4v) is 1.88. The molecular formula is C11H18N2O2S. The molecule has 0 unspecified atom stereocenters. The molecule has 0 radical (unpaired) electrons. The zero-order chi connectivity index (χ0) is 12.0. The summed E-state index contributed by atoms with van der Waals surface area (Å²) in [6, 6.07) is 0.